The van der Waals surface area contributed by atoms with Gasteiger partial charge in [-0.1, -0.05) is 6.92 Å². The molecule has 0 saturated carbocycles. The summed E-state index contributed by atoms with van der Waals surface area (Å²) < 4.78 is 0. The van der Waals surface area contributed by atoms with E-state index in [0.29, 0.717) is 5.82 Å². The number of anilines is 2. The van der Waals surface area contributed by atoms with E-state index in [1.54, 1.807) is 17.4 Å². The van der Waals surface area contributed by atoms with Crippen LogP contribution in [-0.2, 0) is 12.8 Å². The van der Waals surface area contributed by atoms with Gasteiger partial charge in [0.1, 0.15) is 17.5 Å². The highest BCUT2D eigenvalue weighted by molar-refractivity contribution is 7.09. The molecule has 0 radical (unpaired) electrons. The molecule has 0 aromatic carbocycles. The van der Waals surface area contributed by atoms with Crippen molar-refractivity contribution in [2.75, 3.05) is 17.3 Å². The Hall–Kier alpha value is -1.73. The molecule has 0 amide bonds. The highest BCUT2D eigenvalue weighted by Gasteiger charge is 2.03. The number of hydrogen-bond acceptors (Lipinski definition) is 7. The van der Waals surface area contributed by atoms with Crippen LogP contribution in [0, 0.1) is 6.92 Å². The zero-order valence-electron chi connectivity index (χ0n) is 11.1. The molecule has 2 heterocycles. The summed E-state index contributed by atoms with van der Waals surface area (Å²) in [5, 5.41) is 6.45. The highest BCUT2D eigenvalue weighted by atomic mass is 32.1. The molecule has 2 rings (SSSR count). The molecule has 0 aliphatic carbocycles. The molecule has 6 nitrogen and oxygen atoms in total. The maximum Gasteiger partial charge on any atom is 0.145 e. The summed E-state index contributed by atoms with van der Waals surface area (Å²) in [7, 11) is 0. The van der Waals surface area contributed by atoms with Gasteiger partial charge in [0.2, 0.25) is 0 Å². The van der Waals surface area contributed by atoms with Crippen molar-refractivity contribution in [2.24, 2.45) is 5.84 Å². The summed E-state index contributed by atoms with van der Waals surface area (Å²) in [5.74, 6) is 7.56. The number of aromatic nitrogens is 3. The van der Waals surface area contributed by atoms with Gasteiger partial charge in [-0.15, -0.1) is 11.3 Å². The number of nitrogens with zero attached hydrogens (tertiary/aromatic N) is 3. The van der Waals surface area contributed by atoms with Gasteiger partial charge in [0.15, 0.2) is 0 Å². The van der Waals surface area contributed by atoms with Crippen molar-refractivity contribution in [3.05, 3.63) is 28.0 Å². The minimum atomic E-state index is 0.624. The molecule has 2 aromatic rings. The second kappa shape index (κ2) is 6.44. The van der Waals surface area contributed by atoms with Crippen LogP contribution >= 0.6 is 11.3 Å². The molecular formula is C12H18N6S. The third kappa shape index (κ3) is 3.87. The summed E-state index contributed by atoms with van der Waals surface area (Å²) in [6.07, 6.45) is 1.65. The average Bonchev–Trinajstić information content (AvgIpc) is 2.84. The van der Waals surface area contributed by atoms with Crippen LogP contribution < -0.4 is 16.6 Å². The van der Waals surface area contributed by atoms with E-state index in [9.17, 15) is 0 Å². The van der Waals surface area contributed by atoms with Gasteiger partial charge in [-0.3, -0.25) is 0 Å². The Labute approximate surface area is 116 Å². The van der Waals surface area contributed by atoms with E-state index < -0.39 is 0 Å². The fourth-order valence-electron chi connectivity index (χ4n) is 1.66. The van der Waals surface area contributed by atoms with Crippen LogP contribution in [0.1, 0.15) is 23.4 Å². The summed E-state index contributed by atoms with van der Waals surface area (Å²) in [4.78, 5) is 13.1. The Balaban J connectivity index is 1.95. The number of aryl methyl sites for hydroxylation is 2. The summed E-state index contributed by atoms with van der Waals surface area (Å²) in [5.41, 5.74) is 3.66. The standard InChI is InChI=1S/C12H18N6S/c1-3-10-16-11(6-12(17-10)18-13)14-5-4-9-7-19-8(2)15-9/h6-7H,3-5,13H2,1-2H3,(H2,14,16,17,18). The Morgan fingerprint density at radius 1 is 1.26 bits per heavy atom. The molecule has 0 aliphatic heterocycles. The monoisotopic (exact) mass is 278 g/mol. The minimum Gasteiger partial charge on any atom is -0.370 e. The van der Waals surface area contributed by atoms with Crippen LogP contribution in [0.15, 0.2) is 11.4 Å². The van der Waals surface area contributed by atoms with Crippen molar-refractivity contribution < 1.29 is 0 Å². The van der Waals surface area contributed by atoms with E-state index in [1.165, 1.54) is 0 Å². The van der Waals surface area contributed by atoms with E-state index in [2.05, 4.69) is 31.1 Å². The maximum absolute atomic E-state index is 5.39. The summed E-state index contributed by atoms with van der Waals surface area (Å²) >= 11 is 1.67. The smallest absolute Gasteiger partial charge is 0.145 e. The number of thiazole rings is 1. The molecule has 4 N–H and O–H groups in total. The number of hydrazine groups is 1. The lowest BCUT2D eigenvalue weighted by atomic mass is 10.3. The summed E-state index contributed by atoms with van der Waals surface area (Å²) in [6.45, 7) is 4.81. The Kier molecular flexibility index (Phi) is 4.64. The molecule has 0 unspecified atom stereocenters. The van der Waals surface area contributed by atoms with Gasteiger partial charge in [-0.05, 0) is 6.92 Å². The zero-order chi connectivity index (χ0) is 13.7. The zero-order valence-corrected chi connectivity index (χ0v) is 11.9. The van der Waals surface area contributed by atoms with E-state index in [-0.39, 0.29) is 0 Å². The van der Waals surface area contributed by atoms with Crippen LogP contribution in [0.25, 0.3) is 0 Å². The fourth-order valence-corrected chi connectivity index (χ4v) is 2.31. The van der Waals surface area contributed by atoms with Gasteiger partial charge < -0.3 is 10.7 Å². The molecule has 7 heteroatoms. The first-order valence-corrected chi connectivity index (χ1v) is 7.08. The lowest BCUT2D eigenvalue weighted by molar-refractivity contribution is 0.916. The van der Waals surface area contributed by atoms with Crippen molar-refractivity contribution in [1.29, 1.82) is 0 Å². The first-order chi connectivity index (χ1) is 9.21. The number of nitrogen functional groups attached to an aromatic ring is 1. The average molecular weight is 278 g/mol. The molecule has 0 spiro atoms. The fraction of sp³-hybridized carbons (Fsp3) is 0.417. The molecule has 102 valence electrons. The SMILES string of the molecule is CCc1nc(NN)cc(NCCc2csc(C)n2)n1. The van der Waals surface area contributed by atoms with Crippen LogP contribution in [0.4, 0.5) is 11.6 Å². The Bertz CT molecular complexity index is 517. The molecular weight excluding hydrogens is 260 g/mol. The number of rotatable bonds is 6. The van der Waals surface area contributed by atoms with Crippen LogP contribution in [-0.4, -0.2) is 21.5 Å². The predicted molar refractivity (Wildman–Crippen MR) is 78.3 cm³/mol. The molecule has 0 fully saturated rings. The molecule has 0 atom stereocenters. The number of hydrogen-bond donors (Lipinski definition) is 3. The first-order valence-electron chi connectivity index (χ1n) is 6.20. The molecule has 0 saturated heterocycles. The lowest BCUT2D eigenvalue weighted by Gasteiger charge is -2.08. The van der Waals surface area contributed by atoms with Crippen molar-refractivity contribution in [2.45, 2.75) is 26.7 Å². The predicted octanol–water partition coefficient (Wildman–Crippen LogP) is 1.74. The van der Waals surface area contributed by atoms with Crippen molar-refractivity contribution >= 4 is 23.0 Å². The van der Waals surface area contributed by atoms with Gasteiger partial charge in [0.25, 0.3) is 0 Å². The van der Waals surface area contributed by atoms with E-state index >= 15 is 0 Å². The van der Waals surface area contributed by atoms with E-state index in [0.717, 1.165) is 41.7 Å². The van der Waals surface area contributed by atoms with Gasteiger partial charge in [0, 0.05) is 30.8 Å². The van der Waals surface area contributed by atoms with Gasteiger partial charge in [-0.2, -0.15) is 0 Å². The van der Waals surface area contributed by atoms with Crippen LogP contribution in [0.3, 0.4) is 0 Å². The third-order valence-corrected chi connectivity index (χ3v) is 3.41. The van der Waals surface area contributed by atoms with Crippen molar-refractivity contribution in [3.8, 4) is 0 Å². The second-order valence-corrected chi connectivity index (χ2v) is 5.15. The molecule has 0 bridgehead atoms. The lowest BCUT2D eigenvalue weighted by Crippen LogP contribution is -2.13. The molecule has 2 aromatic heterocycles. The normalized spacial score (nSPS) is 10.5. The van der Waals surface area contributed by atoms with Gasteiger partial charge >= 0.3 is 0 Å². The largest absolute Gasteiger partial charge is 0.370 e. The van der Waals surface area contributed by atoms with Crippen molar-refractivity contribution in [1.82, 2.24) is 15.0 Å². The van der Waals surface area contributed by atoms with Gasteiger partial charge in [0.05, 0.1) is 10.7 Å². The van der Waals surface area contributed by atoms with Crippen LogP contribution in [0.5, 0.6) is 0 Å². The third-order valence-electron chi connectivity index (χ3n) is 2.59. The summed E-state index contributed by atoms with van der Waals surface area (Å²) in [6, 6.07) is 1.80. The highest BCUT2D eigenvalue weighted by Crippen LogP contribution is 2.12. The number of nitrogens with two attached hydrogens (primary N) is 1. The quantitative estimate of drug-likeness (QED) is 0.551. The van der Waals surface area contributed by atoms with E-state index in [1.807, 2.05) is 13.8 Å². The number of nitrogens with one attached hydrogen (secondary N) is 2. The Morgan fingerprint density at radius 2 is 2.05 bits per heavy atom. The Morgan fingerprint density at radius 3 is 2.68 bits per heavy atom. The maximum atomic E-state index is 5.39. The first kappa shape index (κ1) is 13.7. The molecule has 0 aliphatic rings. The van der Waals surface area contributed by atoms with Gasteiger partial charge in [-0.25, -0.2) is 20.8 Å². The second-order valence-electron chi connectivity index (χ2n) is 4.09. The minimum absolute atomic E-state index is 0.624. The van der Waals surface area contributed by atoms with E-state index in [4.69, 9.17) is 5.84 Å². The topological polar surface area (TPSA) is 88.8 Å². The van der Waals surface area contributed by atoms with Crippen LogP contribution in [0.2, 0.25) is 0 Å². The van der Waals surface area contributed by atoms with Crippen molar-refractivity contribution in [3.63, 3.8) is 0 Å². The molecule has 19 heavy (non-hydrogen) atoms.